The van der Waals surface area contributed by atoms with Gasteiger partial charge in [-0.1, -0.05) is 128 Å². The van der Waals surface area contributed by atoms with Gasteiger partial charge in [-0.3, -0.25) is 13.7 Å². The van der Waals surface area contributed by atoms with Crippen LogP contribution in [0.5, 0.6) is 0 Å². The van der Waals surface area contributed by atoms with Crippen molar-refractivity contribution in [3.8, 4) is 0 Å². The molecule has 0 radical (unpaired) electrons. The van der Waals surface area contributed by atoms with Gasteiger partial charge >= 0.3 is 0 Å². The molecule has 105 heavy (non-hydrogen) atoms. The summed E-state index contributed by atoms with van der Waals surface area (Å²) in [5, 5.41) is 108. The van der Waals surface area contributed by atoms with Crippen LogP contribution in [-0.2, 0) is 55.6 Å². The van der Waals surface area contributed by atoms with Crippen molar-refractivity contribution in [3.05, 3.63) is 128 Å². The smallest absolute Gasteiger partial charge is 0.276 e. The number of aliphatic hydroxyl groups is 10. The van der Waals surface area contributed by atoms with Gasteiger partial charge in [0.1, 0.15) is 73.2 Å². The molecule has 4 fully saturated rings. The second-order valence-electron chi connectivity index (χ2n) is 29.5. The zero-order valence-electron chi connectivity index (χ0n) is 64.9. The van der Waals surface area contributed by atoms with Crippen LogP contribution in [0.3, 0.4) is 0 Å². The Balaban J connectivity index is 1.11. The first-order valence-corrected chi connectivity index (χ1v) is 40.6. The van der Waals surface area contributed by atoms with E-state index in [-0.39, 0.29) is 6.42 Å². The Labute approximate surface area is 625 Å². The van der Waals surface area contributed by atoms with Crippen molar-refractivity contribution < 1.29 is 116 Å². The number of hydrogen-bond donors (Lipinski definition) is 10. The summed E-state index contributed by atoms with van der Waals surface area (Å²) in [5.74, 6) is 0. The summed E-state index contributed by atoms with van der Waals surface area (Å²) in [5.41, 5.74) is 14.9. The van der Waals surface area contributed by atoms with Gasteiger partial charge in [-0.25, -0.2) is 4.31 Å². The quantitative estimate of drug-likeness (QED) is 0.0200. The van der Waals surface area contributed by atoms with Crippen LogP contribution in [0.2, 0.25) is 0 Å². The molecule has 10 N–H and O–H groups in total. The van der Waals surface area contributed by atoms with Gasteiger partial charge in [-0.15, -0.1) is 0 Å². The molecular weight excluding hydrogens is 1390 g/mol. The van der Waals surface area contributed by atoms with Gasteiger partial charge < -0.3 is 98.5 Å². The molecule has 0 amide bonds. The number of allylic oxidation sites excluding steroid dienone is 21. The van der Waals surface area contributed by atoms with Crippen molar-refractivity contribution >= 4 is 15.6 Å². The van der Waals surface area contributed by atoms with Gasteiger partial charge in [0.2, 0.25) is 0 Å². The number of ether oxygens (including phenoxy) is 7. The molecule has 4 saturated heterocycles. The Morgan fingerprint density at radius 1 is 0.362 bits per heavy atom. The predicted octanol–water partition coefficient (Wildman–Crippen LogP) is 11.6. The van der Waals surface area contributed by atoms with Crippen LogP contribution in [0.15, 0.2) is 128 Å². The summed E-state index contributed by atoms with van der Waals surface area (Å²) in [6, 6.07) is 0. The summed E-state index contributed by atoms with van der Waals surface area (Å²) < 4.78 is 78.8. The highest BCUT2D eigenvalue weighted by molar-refractivity contribution is 7.59. The molecule has 0 aliphatic carbocycles. The second-order valence-corrected chi connectivity index (χ2v) is 32.4. The summed E-state index contributed by atoms with van der Waals surface area (Å²) >= 11 is 0. The molecule has 0 saturated carbocycles. The molecule has 4 rings (SSSR count). The Morgan fingerprint density at radius 2 is 0.667 bits per heavy atom. The molecule has 0 bridgehead atoms. The predicted molar refractivity (Wildman–Crippen MR) is 400 cm³/mol. The third kappa shape index (κ3) is 35.3. The van der Waals surface area contributed by atoms with E-state index < -0.39 is 152 Å². The third-order valence-corrected chi connectivity index (χ3v) is 22.0. The average Bonchev–Trinajstić information content (AvgIpc) is 0.782. The van der Waals surface area contributed by atoms with Crippen molar-refractivity contribution in [1.29, 1.82) is 0 Å². The zero-order valence-corrected chi connectivity index (χ0v) is 66.7. The standard InChI is InChI=1S/C79H132O24P2/c1-50(2)25-15-26-51(3)27-16-28-52(4)29-17-30-53(5)31-18-32-54(6)33-19-34-55(7)35-20-36-56(8)37-21-38-57(9)39-22-40-58(10)41-23-42-59(11)43-24-44-60(12)45-46-94-104(90,91)103-105(92,93)102-79-72(89)75(68(85)66(49-81)98-79)101-77-70(87)69(86)73(62(14)96-77)99-78-71(88)74(67(84)65(48-80)97-78)100-76-64(83)47-63(82)61(13)95-76/h25,27,29,31,33,35,37,39,41,43,45,61-89H,15-24,26,28,30,32,34,36,38,40,42,44,46-49H2,1-14H3,(H,90,91)(H,92,93)/p-2/b51-27+,52-29+,53-31-,54-33-,55-35-,56-37-,57-39-,58-41-,59-43-,60-45-/t61-,62+,63+,64+,65-,66-,67-,68+,69+,70-,71+,72-,73+,74+,75+,76-,77+,78-,79-/m1/s1. The molecule has 24 nitrogen and oxygen atoms in total. The average molecular weight is 1530 g/mol. The van der Waals surface area contributed by atoms with Crippen molar-refractivity contribution in [2.24, 2.45) is 0 Å². The monoisotopic (exact) mass is 1520 g/mol. The molecule has 602 valence electrons. The summed E-state index contributed by atoms with van der Waals surface area (Å²) in [6.45, 7) is 26.4. The van der Waals surface area contributed by atoms with Crippen LogP contribution in [0.1, 0.15) is 232 Å². The minimum atomic E-state index is -6.02. The van der Waals surface area contributed by atoms with Crippen molar-refractivity contribution in [3.63, 3.8) is 0 Å². The highest BCUT2D eigenvalue weighted by Crippen LogP contribution is 2.57. The summed E-state index contributed by atoms with van der Waals surface area (Å²) in [7, 11) is -11.7. The SMILES string of the molecule is CC(C)=CCC/C(C)=C/CC/C(C)=C/CC/C(C)=C\CC/C(C)=C\CC/C(C)=C\CC/C(C)=C\CC/C(C)=C\CC/C(C)=C\CC/C(C)=C\CC/C(C)=C\COP(=O)([O-])OP(=O)([O-])O[C@H]1O[C@H](CO)[C@H](O)[C@H](O[C@@H]2O[C@@H](C)[C@H](O[C@H]3O[C@H](CO)[C@@H](O)[C@H](O[C@H]4O[C@H](C)[C@@H](O)C[C@@H]4O)[C@@H]3O)[C@@H](O)[C@H]2O)[C@H]1O. The molecular formula is C79H130O24P2-2. The molecule has 21 atom stereocenters. The number of hydrogen-bond acceptors (Lipinski definition) is 24. The van der Waals surface area contributed by atoms with Crippen molar-refractivity contribution in [1.82, 2.24) is 0 Å². The van der Waals surface area contributed by atoms with Crippen LogP contribution < -0.4 is 9.79 Å². The minimum absolute atomic E-state index is 0.163. The van der Waals surface area contributed by atoms with E-state index in [4.69, 9.17) is 42.2 Å². The molecule has 0 aromatic heterocycles. The first kappa shape index (κ1) is 94.1. The topological polar surface area (TPSA) is 375 Å². The van der Waals surface area contributed by atoms with Gasteiger partial charge in [0.15, 0.2) is 25.2 Å². The fourth-order valence-electron chi connectivity index (χ4n) is 12.6. The van der Waals surface area contributed by atoms with Crippen LogP contribution >= 0.6 is 15.6 Å². The highest BCUT2D eigenvalue weighted by atomic mass is 31.3. The van der Waals surface area contributed by atoms with Crippen LogP contribution in [0.4, 0.5) is 0 Å². The first-order valence-electron chi connectivity index (χ1n) is 37.6. The van der Waals surface area contributed by atoms with Gasteiger partial charge in [0.25, 0.3) is 15.6 Å². The van der Waals surface area contributed by atoms with E-state index in [0.717, 1.165) is 121 Å². The van der Waals surface area contributed by atoms with Crippen LogP contribution in [0, 0.1) is 0 Å². The molecule has 2 unspecified atom stereocenters. The summed E-state index contributed by atoms with van der Waals surface area (Å²) in [4.78, 5) is 25.8. The van der Waals surface area contributed by atoms with Crippen molar-refractivity contribution in [2.75, 3.05) is 19.8 Å². The highest BCUT2D eigenvalue weighted by Gasteiger charge is 2.55. The van der Waals surface area contributed by atoms with Gasteiger partial charge in [0, 0.05) is 6.42 Å². The summed E-state index contributed by atoms with van der Waals surface area (Å²) in [6.07, 6.45) is 12.5. The molecule has 4 aliphatic rings. The van der Waals surface area contributed by atoms with E-state index in [0.29, 0.717) is 12.8 Å². The van der Waals surface area contributed by atoms with E-state index in [9.17, 15) is 70.0 Å². The van der Waals surface area contributed by atoms with Gasteiger partial charge in [-0.2, -0.15) is 0 Å². The fraction of sp³-hybridized carbons (Fsp3) is 0.722. The number of phosphoric ester groups is 2. The van der Waals surface area contributed by atoms with Crippen molar-refractivity contribution in [2.45, 2.75) is 348 Å². The Hall–Kier alpha value is -3.28. The molecule has 4 heterocycles. The molecule has 26 heteroatoms. The lowest BCUT2D eigenvalue weighted by Gasteiger charge is -2.48. The Bertz CT molecular complexity index is 3050. The third-order valence-electron chi connectivity index (χ3n) is 19.5. The van der Waals surface area contributed by atoms with Crippen LogP contribution in [0.25, 0.3) is 0 Å². The molecule has 4 aliphatic heterocycles. The minimum Gasteiger partial charge on any atom is -0.756 e. The molecule has 0 aromatic rings. The lowest BCUT2D eigenvalue weighted by atomic mass is 9.96. The lowest BCUT2D eigenvalue weighted by molar-refractivity contribution is -0.383. The largest absolute Gasteiger partial charge is 0.756 e. The van der Waals surface area contributed by atoms with E-state index in [2.05, 4.69) is 141 Å². The first-order chi connectivity index (χ1) is 49.5. The van der Waals surface area contributed by atoms with Gasteiger partial charge in [-0.05, 0) is 225 Å². The van der Waals surface area contributed by atoms with E-state index in [1.54, 1.807) is 6.92 Å². The maximum Gasteiger partial charge on any atom is 0.276 e. The number of rotatable bonds is 45. The second kappa shape index (κ2) is 48.5. The van der Waals surface area contributed by atoms with E-state index in [1.165, 1.54) is 75.7 Å². The molecule has 0 aromatic carbocycles. The number of phosphoric acid groups is 2. The van der Waals surface area contributed by atoms with Gasteiger partial charge in [0.05, 0.1) is 38.1 Å². The zero-order chi connectivity index (χ0) is 78.1. The Kier molecular flexibility index (Phi) is 43.5. The fourth-order valence-corrected chi connectivity index (χ4v) is 14.6. The van der Waals surface area contributed by atoms with E-state index >= 15 is 0 Å². The normalized spacial score (nSPS) is 31.8. The van der Waals surface area contributed by atoms with Crippen LogP contribution in [-0.4, -0.2) is 188 Å². The maximum atomic E-state index is 13.0. The molecule has 0 spiro atoms. The van der Waals surface area contributed by atoms with E-state index in [1.807, 2.05) is 0 Å². The number of aliphatic hydroxyl groups excluding tert-OH is 10. The Morgan fingerprint density at radius 3 is 1.03 bits per heavy atom. The maximum absolute atomic E-state index is 13.0. The lowest BCUT2D eigenvalue weighted by Crippen LogP contribution is -2.66.